The summed E-state index contributed by atoms with van der Waals surface area (Å²) in [6.45, 7) is 0. The van der Waals surface area contributed by atoms with Gasteiger partial charge in [-0.2, -0.15) is 5.10 Å². The highest BCUT2D eigenvalue weighted by atomic mass is 19.1. The Kier molecular flexibility index (Phi) is 3.44. The summed E-state index contributed by atoms with van der Waals surface area (Å²) in [5.41, 5.74) is 1.85. The lowest BCUT2D eigenvalue weighted by Gasteiger charge is -2.07. The smallest absolute Gasteiger partial charge is 0.221 e. The van der Waals surface area contributed by atoms with Crippen molar-refractivity contribution in [1.82, 2.24) is 15.2 Å². The Labute approximate surface area is 131 Å². The zero-order chi connectivity index (χ0) is 15.8. The van der Waals surface area contributed by atoms with Crippen molar-refractivity contribution in [2.45, 2.75) is 31.6 Å². The lowest BCUT2D eigenvalue weighted by atomic mass is 10.0. The molecule has 1 aromatic carbocycles. The molecule has 0 atom stereocenters. The van der Waals surface area contributed by atoms with Gasteiger partial charge in [0.2, 0.25) is 5.88 Å². The lowest BCUT2D eigenvalue weighted by molar-refractivity contribution is 0.424. The number of aromatic nitrogens is 3. The zero-order valence-corrected chi connectivity index (χ0v) is 12.4. The first-order valence-electron chi connectivity index (χ1n) is 7.67. The van der Waals surface area contributed by atoms with Gasteiger partial charge in [0.05, 0.1) is 11.2 Å². The van der Waals surface area contributed by atoms with Crippen molar-refractivity contribution in [2.75, 3.05) is 0 Å². The number of halogens is 2. The third-order valence-electron chi connectivity index (χ3n) is 4.30. The van der Waals surface area contributed by atoms with Crippen LogP contribution in [0.5, 0.6) is 11.6 Å². The van der Waals surface area contributed by atoms with Gasteiger partial charge in [-0.25, -0.2) is 13.8 Å². The summed E-state index contributed by atoms with van der Waals surface area (Å²) < 4.78 is 32.0. The van der Waals surface area contributed by atoms with E-state index in [1.807, 2.05) is 0 Å². The minimum Gasteiger partial charge on any atom is -0.436 e. The van der Waals surface area contributed by atoms with Crippen molar-refractivity contribution in [3.8, 4) is 11.6 Å². The van der Waals surface area contributed by atoms with Crippen molar-refractivity contribution < 1.29 is 13.5 Å². The molecular formula is C17H15F2N3O. The molecule has 4 rings (SSSR count). The number of nitrogens with one attached hydrogen (secondary N) is 1. The topological polar surface area (TPSA) is 50.8 Å². The molecule has 1 aliphatic carbocycles. The number of pyridine rings is 1. The number of aromatic amines is 1. The van der Waals surface area contributed by atoms with Gasteiger partial charge in [-0.15, -0.1) is 0 Å². The van der Waals surface area contributed by atoms with Crippen LogP contribution in [0.1, 0.15) is 37.3 Å². The molecule has 0 spiro atoms. The SMILES string of the molecule is Fc1ccc(Oc2cc3[nH]nc(C4CCCC4)c3cn2)c(F)c1. The number of rotatable bonds is 3. The van der Waals surface area contributed by atoms with Crippen LogP contribution in [0, 0.1) is 11.6 Å². The number of ether oxygens (including phenoxy) is 1. The van der Waals surface area contributed by atoms with Crippen molar-refractivity contribution in [2.24, 2.45) is 0 Å². The fourth-order valence-electron chi connectivity index (χ4n) is 3.15. The van der Waals surface area contributed by atoms with Crippen LogP contribution < -0.4 is 4.74 Å². The molecule has 0 unspecified atom stereocenters. The predicted octanol–water partition coefficient (Wildman–Crippen LogP) is 4.69. The van der Waals surface area contributed by atoms with E-state index in [1.54, 1.807) is 12.3 Å². The molecule has 1 saturated carbocycles. The fourth-order valence-corrected chi connectivity index (χ4v) is 3.15. The van der Waals surface area contributed by atoms with E-state index >= 15 is 0 Å². The van der Waals surface area contributed by atoms with E-state index in [0.29, 0.717) is 5.92 Å². The maximum Gasteiger partial charge on any atom is 0.221 e. The third kappa shape index (κ3) is 2.65. The maximum absolute atomic E-state index is 13.6. The Morgan fingerprint density at radius 1 is 1.13 bits per heavy atom. The summed E-state index contributed by atoms with van der Waals surface area (Å²) in [6, 6.07) is 4.85. The van der Waals surface area contributed by atoms with Crippen LogP contribution >= 0.6 is 0 Å². The first kappa shape index (κ1) is 14.1. The van der Waals surface area contributed by atoms with Gasteiger partial charge in [0.1, 0.15) is 5.82 Å². The molecule has 1 aliphatic rings. The Balaban J connectivity index is 1.64. The summed E-state index contributed by atoms with van der Waals surface area (Å²) in [6.07, 6.45) is 6.47. The Morgan fingerprint density at radius 3 is 2.74 bits per heavy atom. The molecule has 4 nitrogen and oxygen atoms in total. The van der Waals surface area contributed by atoms with Gasteiger partial charge >= 0.3 is 0 Å². The highest BCUT2D eigenvalue weighted by Gasteiger charge is 2.22. The number of hydrogen-bond acceptors (Lipinski definition) is 3. The molecule has 0 bridgehead atoms. The molecule has 1 N–H and O–H groups in total. The number of nitrogens with zero attached hydrogens (tertiary/aromatic N) is 2. The number of benzene rings is 1. The Morgan fingerprint density at radius 2 is 1.96 bits per heavy atom. The number of fused-ring (bicyclic) bond motifs is 1. The van der Waals surface area contributed by atoms with Crippen LogP contribution in [-0.4, -0.2) is 15.2 Å². The minimum atomic E-state index is -0.761. The summed E-state index contributed by atoms with van der Waals surface area (Å²) >= 11 is 0. The first-order valence-corrected chi connectivity index (χ1v) is 7.67. The van der Waals surface area contributed by atoms with Gasteiger partial charge in [-0.3, -0.25) is 5.10 Å². The van der Waals surface area contributed by atoms with Crippen LogP contribution in [0.3, 0.4) is 0 Å². The molecular weight excluding hydrogens is 300 g/mol. The highest BCUT2D eigenvalue weighted by Crippen LogP contribution is 2.36. The second kappa shape index (κ2) is 5.61. The third-order valence-corrected chi connectivity index (χ3v) is 4.30. The molecule has 0 aliphatic heterocycles. The summed E-state index contributed by atoms with van der Waals surface area (Å²) in [5, 5.41) is 8.38. The maximum atomic E-state index is 13.6. The number of hydrogen-bond donors (Lipinski definition) is 1. The van der Waals surface area contributed by atoms with E-state index in [2.05, 4.69) is 15.2 Å². The van der Waals surface area contributed by atoms with Crippen molar-refractivity contribution in [3.05, 3.63) is 47.8 Å². The van der Waals surface area contributed by atoms with Crippen molar-refractivity contribution in [1.29, 1.82) is 0 Å². The Bertz CT molecular complexity index is 856. The largest absolute Gasteiger partial charge is 0.436 e. The average molecular weight is 315 g/mol. The van der Waals surface area contributed by atoms with Crippen LogP contribution in [0.4, 0.5) is 8.78 Å². The molecule has 0 saturated heterocycles. The number of H-pyrrole nitrogens is 1. The molecule has 2 aromatic heterocycles. The van der Waals surface area contributed by atoms with Gasteiger partial charge in [0.25, 0.3) is 0 Å². The quantitative estimate of drug-likeness (QED) is 0.763. The molecule has 1 fully saturated rings. The van der Waals surface area contributed by atoms with Gasteiger partial charge in [0.15, 0.2) is 11.6 Å². The normalized spacial score (nSPS) is 15.4. The second-order valence-electron chi connectivity index (χ2n) is 5.84. The van der Waals surface area contributed by atoms with E-state index in [4.69, 9.17) is 4.74 Å². The molecule has 0 radical (unpaired) electrons. The molecule has 0 amide bonds. The summed E-state index contributed by atoms with van der Waals surface area (Å²) in [7, 11) is 0. The van der Waals surface area contributed by atoms with Gasteiger partial charge < -0.3 is 4.74 Å². The Hall–Kier alpha value is -2.50. The van der Waals surface area contributed by atoms with Crippen LogP contribution in [0.2, 0.25) is 0 Å². The molecule has 2 heterocycles. The van der Waals surface area contributed by atoms with Crippen LogP contribution in [0.25, 0.3) is 10.9 Å². The van der Waals surface area contributed by atoms with Gasteiger partial charge in [-0.05, 0) is 25.0 Å². The second-order valence-corrected chi connectivity index (χ2v) is 5.84. The van der Waals surface area contributed by atoms with Crippen LogP contribution in [-0.2, 0) is 0 Å². The monoisotopic (exact) mass is 315 g/mol. The van der Waals surface area contributed by atoms with E-state index in [-0.39, 0.29) is 11.6 Å². The predicted molar refractivity (Wildman–Crippen MR) is 81.5 cm³/mol. The fraction of sp³-hybridized carbons (Fsp3) is 0.294. The van der Waals surface area contributed by atoms with E-state index < -0.39 is 11.6 Å². The van der Waals surface area contributed by atoms with E-state index in [0.717, 1.165) is 41.6 Å². The molecule has 23 heavy (non-hydrogen) atoms. The summed E-state index contributed by atoms with van der Waals surface area (Å²) in [5.74, 6) is -0.749. The van der Waals surface area contributed by atoms with Crippen molar-refractivity contribution in [3.63, 3.8) is 0 Å². The highest BCUT2D eigenvalue weighted by molar-refractivity contribution is 5.81. The van der Waals surface area contributed by atoms with E-state index in [9.17, 15) is 8.78 Å². The first-order chi connectivity index (χ1) is 11.2. The molecule has 118 valence electrons. The van der Waals surface area contributed by atoms with Gasteiger partial charge in [-0.1, -0.05) is 12.8 Å². The zero-order valence-electron chi connectivity index (χ0n) is 12.4. The standard InChI is InChI=1S/C17H15F2N3O/c18-11-5-6-15(13(19)7-11)23-16-8-14-12(9-20-16)17(22-21-14)10-3-1-2-4-10/h5-10H,1-4H2,(H,21,22). The minimum absolute atomic E-state index is 0.0613. The average Bonchev–Trinajstić information content (AvgIpc) is 3.18. The summed E-state index contributed by atoms with van der Waals surface area (Å²) in [4.78, 5) is 4.23. The molecule has 6 heteroatoms. The molecule has 3 aromatic rings. The van der Waals surface area contributed by atoms with Crippen LogP contribution in [0.15, 0.2) is 30.5 Å². The van der Waals surface area contributed by atoms with Gasteiger partial charge in [0, 0.05) is 29.6 Å². The lowest BCUT2D eigenvalue weighted by Crippen LogP contribution is -1.94. The van der Waals surface area contributed by atoms with Crippen molar-refractivity contribution >= 4 is 10.9 Å². The van der Waals surface area contributed by atoms with E-state index in [1.165, 1.54) is 18.9 Å².